The van der Waals surface area contributed by atoms with E-state index in [9.17, 15) is 4.79 Å². The third-order valence-electron chi connectivity index (χ3n) is 5.23. The predicted octanol–water partition coefficient (Wildman–Crippen LogP) is 4.93. The fraction of sp³-hybridized carbons (Fsp3) is 0.950. The Morgan fingerprint density at radius 3 is 1.52 bits per heavy atom. The van der Waals surface area contributed by atoms with Crippen LogP contribution in [0.5, 0.6) is 0 Å². The van der Waals surface area contributed by atoms with Crippen molar-refractivity contribution in [1.82, 2.24) is 5.32 Å². The van der Waals surface area contributed by atoms with E-state index in [2.05, 4.69) is 5.32 Å². The summed E-state index contributed by atoms with van der Waals surface area (Å²) in [4.78, 5) is 11.5. The summed E-state index contributed by atoms with van der Waals surface area (Å²) in [7, 11) is 0. The van der Waals surface area contributed by atoms with Gasteiger partial charge in [0.05, 0.1) is 0 Å². The number of carbonyl (C=O) groups is 1. The van der Waals surface area contributed by atoms with Crippen molar-refractivity contribution in [2.24, 2.45) is 11.7 Å². The Balaban J connectivity index is 2.22. The third-order valence-corrected chi connectivity index (χ3v) is 5.23. The molecule has 0 aromatic carbocycles. The maximum Gasteiger partial charge on any atom is 0.220 e. The van der Waals surface area contributed by atoms with Gasteiger partial charge in [-0.1, -0.05) is 83.5 Å². The number of hydrogen-bond donors (Lipinski definition) is 2. The number of nitrogens with two attached hydrogens (primary N) is 1. The standard InChI is InChI=1S/C20H40N2O/c21-20(23)19-15-13-11-9-7-5-3-1-2-4-6-8-10-12-14-17-22-18-16-19/h19,22H,1-18H2,(H2,21,23). The first-order chi connectivity index (χ1) is 11.3. The van der Waals surface area contributed by atoms with Gasteiger partial charge in [0.2, 0.25) is 5.91 Å². The van der Waals surface area contributed by atoms with Gasteiger partial charge in [-0.25, -0.2) is 0 Å². The maximum atomic E-state index is 11.5. The van der Waals surface area contributed by atoms with E-state index < -0.39 is 0 Å². The Bertz CT molecular complexity index is 261. The zero-order chi connectivity index (χ0) is 16.6. The van der Waals surface area contributed by atoms with Gasteiger partial charge in [-0.2, -0.15) is 0 Å². The monoisotopic (exact) mass is 324 g/mol. The van der Waals surface area contributed by atoms with Gasteiger partial charge < -0.3 is 11.1 Å². The number of carbonyl (C=O) groups excluding carboxylic acids is 1. The summed E-state index contributed by atoms with van der Waals surface area (Å²) in [6, 6.07) is 0. The SMILES string of the molecule is NC(=O)C1CCCCCCCCCCCCCCCCNCC1. The van der Waals surface area contributed by atoms with Gasteiger partial charge in [0, 0.05) is 5.92 Å². The molecule has 1 aliphatic rings. The minimum atomic E-state index is -0.103. The van der Waals surface area contributed by atoms with Crippen molar-refractivity contribution in [3.8, 4) is 0 Å². The summed E-state index contributed by atoms with van der Waals surface area (Å²) in [5, 5.41) is 3.48. The van der Waals surface area contributed by atoms with E-state index in [1.54, 1.807) is 0 Å². The van der Waals surface area contributed by atoms with E-state index in [0.717, 1.165) is 32.4 Å². The molecule has 3 heteroatoms. The first kappa shape index (κ1) is 20.5. The second-order valence-corrected chi connectivity index (χ2v) is 7.38. The second-order valence-electron chi connectivity index (χ2n) is 7.38. The first-order valence-corrected chi connectivity index (χ1v) is 10.3. The van der Waals surface area contributed by atoms with Crippen LogP contribution in [-0.4, -0.2) is 19.0 Å². The van der Waals surface area contributed by atoms with Crippen molar-refractivity contribution < 1.29 is 4.79 Å². The van der Waals surface area contributed by atoms with Crippen molar-refractivity contribution in [2.45, 2.75) is 103 Å². The van der Waals surface area contributed by atoms with Crippen LogP contribution >= 0.6 is 0 Å². The minimum absolute atomic E-state index is 0.0769. The lowest BCUT2D eigenvalue weighted by Crippen LogP contribution is -2.27. The summed E-state index contributed by atoms with van der Waals surface area (Å²) >= 11 is 0. The lowest BCUT2D eigenvalue weighted by atomic mass is 9.96. The molecule has 1 fully saturated rings. The molecule has 3 nitrogen and oxygen atoms in total. The van der Waals surface area contributed by atoms with E-state index in [4.69, 9.17) is 5.73 Å². The van der Waals surface area contributed by atoms with Crippen molar-refractivity contribution in [3.63, 3.8) is 0 Å². The molecule has 0 saturated carbocycles. The van der Waals surface area contributed by atoms with E-state index in [0.29, 0.717) is 0 Å². The number of hydrogen-bond acceptors (Lipinski definition) is 2. The Morgan fingerprint density at radius 1 is 0.609 bits per heavy atom. The molecule has 0 aromatic rings. The zero-order valence-electron chi connectivity index (χ0n) is 15.3. The molecule has 0 aromatic heterocycles. The fourth-order valence-corrected chi connectivity index (χ4v) is 3.59. The highest BCUT2D eigenvalue weighted by atomic mass is 16.1. The fourth-order valence-electron chi connectivity index (χ4n) is 3.59. The van der Waals surface area contributed by atoms with E-state index >= 15 is 0 Å². The van der Waals surface area contributed by atoms with Crippen LogP contribution in [0.15, 0.2) is 0 Å². The van der Waals surface area contributed by atoms with Crippen molar-refractivity contribution in [1.29, 1.82) is 0 Å². The van der Waals surface area contributed by atoms with Gasteiger partial charge in [0.1, 0.15) is 0 Å². The summed E-state index contributed by atoms with van der Waals surface area (Å²) < 4.78 is 0. The van der Waals surface area contributed by atoms with Crippen molar-refractivity contribution in [3.05, 3.63) is 0 Å². The molecule has 0 bridgehead atoms. The van der Waals surface area contributed by atoms with Crippen LogP contribution in [0.4, 0.5) is 0 Å². The van der Waals surface area contributed by atoms with Gasteiger partial charge in [0.15, 0.2) is 0 Å². The molecular weight excluding hydrogens is 284 g/mol. The predicted molar refractivity (Wildman–Crippen MR) is 99.4 cm³/mol. The molecule has 1 atom stereocenters. The molecule has 0 radical (unpaired) electrons. The van der Waals surface area contributed by atoms with Crippen LogP contribution in [0.3, 0.4) is 0 Å². The third kappa shape index (κ3) is 12.5. The van der Waals surface area contributed by atoms with Crippen LogP contribution in [0, 0.1) is 5.92 Å². The van der Waals surface area contributed by atoms with E-state index in [1.807, 2.05) is 0 Å². The Kier molecular flexibility index (Phi) is 13.3. The highest BCUT2D eigenvalue weighted by Gasteiger charge is 2.14. The molecule has 1 amide bonds. The Hall–Kier alpha value is -0.570. The smallest absolute Gasteiger partial charge is 0.220 e. The van der Waals surface area contributed by atoms with Gasteiger partial charge in [-0.05, 0) is 32.4 Å². The Morgan fingerprint density at radius 2 is 1.04 bits per heavy atom. The van der Waals surface area contributed by atoms with Crippen LogP contribution in [0.2, 0.25) is 0 Å². The van der Waals surface area contributed by atoms with E-state index in [1.165, 1.54) is 83.5 Å². The quantitative estimate of drug-likeness (QED) is 0.718. The molecule has 3 N–H and O–H groups in total. The highest BCUT2D eigenvalue weighted by Crippen LogP contribution is 2.16. The summed E-state index contributed by atoms with van der Waals surface area (Å²) in [6.45, 7) is 2.03. The summed E-state index contributed by atoms with van der Waals surface area (Å²) in [5.74, 6) is -0.0259. The number of rotatable bonds is 1. The minimum Gasteiger partial charge on any atom is -0.369 e. The largest absolute Gasteiger partial charge is 0.369 e. The summed E-state index contributed by atoms with van der Waals surface area (Å²) in [5.41, 5.74) is 5.55. The molecule has 136 valence electrons. The lowest BCUT2D eigenvalue weighted by Gasteiger charge is -2.14. The maximum absolute atomic E-state index is 11.5. The second kappa shape index (κ2) is 15.0. The van der Waals surface area contributed by atoms with Gasteiger partial charge in [-0.3, -0.25) is 4.79 Å². The average molecular weight is 325 g/mol. The number of nitrogens with one attached hydrogen (secondary N) is 1. The van der Waals surface area contributed by atoms with Crippen molar-refractivity contribution in [2.75, 3.05) is 13.1 Å². The van der Waals surface area contributed by atoms with Crippen LogP contribution < -0.4 is 11.1 Å². The molecule has 1 unspecified atom stereocenters. The molecule has 0 aliphatic carbocycles. The molecule has 1 saturated heterocycles. The van der Waals surface area contributed by atoms with Gasteiger partial charge in [0.25, 0.3) is 0 Å². The molecular formula is C20H40N2O. The molecule has 23 heavy (non-hydrogen) atoms. The molecule has 1 heterocycles. The summed E-state index contributed by atoms with van der Waals surface area (Å²) in [6.07, 6.45) is 20.9. The highest BCUT2D eigenvalue weighted by molar-refractivity contribution is 5.76. The lowest BCUT2D eigenvalue weighted by molar-refractivity contribution is -0.122. The molecule has 1 rings (SSSR count). The molecule has 0 spiro atoms. The zero-order valence-corrected chi connectivity index (χ0v) is 15.3. The van der Waals surface area contributed by atoms with Crippen molar-refractivity contribution >= 4 is 5.91 Å². The van der Waals surface area contributed by atoms with Gasteiger partial charge >= 0.3 is 0 Å². The van der Waals surface area contributed by atoms with Crippen LogP contribution in [-0.2, 0) is 4.79 Å². The normalized spacial score (nSPS) is 25.5. The van der Waals surface area contributed by atoms with E-state index in [-0.39, 0.29) is 11.8 Å². The first-order valence-electron chi connectivity index (χ1n) is 10.3. The van der Waals surface area contributed by atoms with Gasteiger partial charge in [-0.15, -0.1) is 0 Å². The average Bonchev–Trinajstić information content (AvgIpc) is 2.53. The topological polar surface area (TPSA) is 55.1 Å². The van der Waals surface area contributed by atoms with Crippen LogP contribution in [0.25, 0.3) is 0 Å². The Labute approximate surface area is 144 Å². The number of primary amides is 1. The number of amides is 1. The van der Waals surface area contributed by atoms with Crippen LogP contribution in [0.1, 0.15) is 103 Å². The molecule has 1 aliphatic heterocycles.